The number of rotatable bonds is 4. The van der Waals surface area contributed by atoms with Gasteiger partial charge in [0.2, 0.25) is 0 Å². The van der Waals surface area contributed by atoms with Crippen LogP contribution in [0.1, 0.15) is 26.3 Å². The highest BCUT2D eigenvalue weighted by Gasteiger charge is 2.30. The van der Waals surface area contributed by atoms with Gasteiger partial charge in [-0.2, -0.15) is 13.2 Å². The summed E-state index contributed by atoms with van der Waals surface area (Å²) >= 11 is 0. The molecule has 7 heteroatoms. The molecule has 4 rings (SSSR count). The molecule has 0 bridgehead atoms. The van der Waals surface area contributed by atoms with E-state index in [4.69, 9.17) is 0 Å². The lowest BCUT2D eigenvalue weighted by Crippen LogP contribution is -2.14. The highest BCUT2D eigenvalue weighted by atomic mass is 19.4. The van der Waals surface area contributed by atoms with Crippen molar-refractivity contribution in [3.8, 4) is 11.1 Å². The number of pyridine rings is 1. The molecule has 0 aliphatic carbocycles. The third-order valence-corrected chi connectivity index (χ3v) is 4.79. The van der Waals surface area contributed by atoms with Crippen molar-refractivity contribution in [2.75, 3.05) is 5.32 Å². The minimum atomic E-state index is -4.43. The lowest BCUT2D eigenvalue weighted by atomic mass is 9.98. The van der Waals surface area contributed by atoms with E-state index in [0.29, 0.717) is 33.6 Å². The number of nitrogens with zero attached hydrogens (tertiary/aromatic N) is 1. The summed E-state index contributed by atoms with van der Waals surface area (Å²) in [5.41, 5.74) is 1.68. The number of carbonyl (C=O) groups is 2. The van der Waals surface area contributed by atoms with E-state index in [1.807, 2.05) is 0 Å². The SMILES string of the molecule is O=Cc1ccc2nc(NC(=O)c3ccccc3-c3ccc(C(F)(F)F)cc3)ccc2c1. The number of fused-ring (bicyclic) bond motifs is 1. The first-order valence-electron chi connectivity index (χ1n) is 9.29. The topological polar surface area (TPSA) is 59.1 Å². The van der Waals surface area contributed by atoms with Gasteiger partial charge < -0.3 is 5.32 Å². The van der Waals surface area contributed by atoms with Crippen molar-refractivity contribution in [2.24, 2.45) is 0 Å². The number of amides is 1. The Morgan fingerprint density at radius 3 is 2.35 bits per heavy atom. The Bertz CT molecular complexity index is 1280. The van der Waals surface area contributed by atoms with E-state index in [1.54, 1.807) is 54.6 Å². The molecule has 0 aliphatic heterocycles. The largest absolute Gasteiger partial charge is 0.416 e. The second-order valence-corrected chi connectivity index (χ2v) is 6.84. The number of anilines is 1. The highest BCUT2D eigenvalue weighted by Crippen LogP contribution is 2.32. The van der Waals surface area contributed by atoms with Gasteiger partial charge in [0.1, 0.15) is 12.1 Å². The summed E-state index contributed by atoms with van der Waals surface area (Å²) in [6.07, 6.45) is -3.68. The van der Waals surface area contributed by atoms with Crippen molar-refractivity contribution in [1.82, 2.24) is 4.98 Å². The summed E-state index contributed by atoms with van der Waals surface area (Å²) in [6.45, 7) is 0. The Labute approximate surface area is 175 Å². The van der Waals surface area contributed by atoms with Gasteiger partial charge in [-0.3, -0.25) is 9.59 Å². The molecule has 4 nitrogen and oxygen atoms in total. The summed E-state index contributed by atoms with van der Waals surface area (Å²) in [6, 6.07) is 19.7. The molecule has 4 aromatic rings. The van der Waals surface area contributed by atoms with Gasteiger partial charge in [0.15, 0.2) is 0 Å². The van der Waals surface area contributed by atoms with Gasteiger partial charge in [0.25, 0.3) is 5.91 Å². The van der Waals surface area contributed by atoms with Crippen molar-refractivity contribution in [3.05, 3.63) is 95.6 Å². The predicted molar refractivity (Wildman–Crippen MR) is 112 cm³/mol. The Hall–Kier alpha value is -4.00. The van der Waals surface area contributed by atoms with Crippen LogP contribution in [0.15, 0.2) is 78.9 Å². The zero-order valence-corrected chi connectivity index (χ0v) is 16.0. The number of alkyl halides is 3. The van der Waals surface area contributed by atoms with Gasteiger partial charge in [0, 0.05) is 16.5 Å². The molecule has 1 amide bonds. The first kappa shape index (κ1) is 20.3. The molecule has 1 N–H and O–H groups in total. The Morgan fingerprint density at radius 2 is 1.65 bits per heavy atom. The number of aldehydes is 1. The van der Waals surface area contributed by atoms with Crippen molar-refractivity contribution in [1.29, 1.82) is 0 Å². The molecule has 1 heterocycles. The van der Waals surface area contributed by atoms with Crippen LogP contribution in [0.4, 0.5) is 19.0 Å². The van der Waals surface area contributed by atoms with Gasteiger partial charge in [-0.15, -0.1) is 0 Å². The molecule has 154 valence electrons. The highest BCUT2D eigenvalue weighted by molar-refractivity contribution is 6.08. The van der Waals surface area contributed by atoms with Crippen LogP contribution >= 0.6 is 0 Å². The average Bonchev–Trinajstić information content (AvgIpc) is 2.78. The normalized spacial score (nSPS) is 11.3. The van der Waals surface area contributed by atoms with Gasteiger partial charge in [-0.25, -0.2) is 4.98 Å². The average molecular weight is 420 g/mol. The van der Waals surface area contributed by atoms with Crippen LogP contribution in [0, 0.1) is 0 Å². The minimum Gasteiger partial charge on any atom is -0.307 e. The van der Waals surface area contributed by atoms with E-state index >= 15 is 0 Å². The third kappa shape index (κ3) is 4.30. The van der Waals surface area contributed by atoms with Crippen molar-refractivity contribution < 1.29 is 22.8 Å². The fraction of sp³-hybridized carbons (Fsp3) is 0.0417. The van der Waals surface area contributed by atoms with Crippen LogP contribution in [0.2, 0.25) is 0 Å². The Morgan fingerprint density at radius 1 is 0.903 bits per heavy atom. The number of hydrogen-bond acceptors (Lipinski definition) is 3. The van der Waals surface area contributed by atoms with Crippen LogP contribution in [-0.2, 0) is 6.18 Å². The molecule has 0 saturated heterocycles. The zero-order chi connectivity index (χ0) is 22.0. The van der Waals surface area contributed by atoms with Crippen LogP contribution in [0.5, 0.6) is 0 Å². The number of halogens is 3. The van der Waals surface area contributed by atoms with Crippen LogP contribution < -0.4 is 5.32 Å². The van der Waals surface area contributed by atoms with E-state index in [-0.39, 0.29) is 0 Å². The lowest BCUT2D eigenvalue weighted by Gasteiger charge is -2.12. The van der Waals surface area contributed by atoms with E-state index < -0.39 is 17.6 Å². The molecule has 0 saturated carbocycles. The van der Waals surface area contributed by atoms with E-state index in [9.17, 15) is 22.8 Å². The number of benzene rings is 3. The molecule has 0 atom stereocenters. The summed E-state index contributed by atoms with van der Waals surface area (Å²) < 4.78 is 38.5. The number of nitrogens with one attached hydrogen (secondary N) is 1. The molecular weight excluding hydrogens is 405 g/mol. The number of hydrogen-bond donors (Lipinski definition) is 1. The standard InChI is InChI=1S/C24H15F3N2O2/c25-24(26,27)18-9-6-16(7-10-18)19-3-1-2-4-20(19)23(31)29-22-12-8-17-13-15(14-30)5-11-21(17)28-22/h1-14H,(H,28,29,31). The molecule has 0 fully saturated rings. The second kappa shape index (κ2) is 8.02. The maximum Gasteiger partial charge on any atom is 0.416 e. The minimum absolute atomic E-state index is 0.306. The van der Waals surface area contributed by atoms with Crippen LogP contribution in [0.25, 0.3) is 22.0 Å². The number of aromatic nitrogens is 1. The summed E-state index contributed by atoms with van der Waals surface area (Å²) in [5.74, 6) is -0.120. The van der Waals surface area contributed by atoms with Gasteiger partial charge in [0.05, 0.1) is 11.1 Å². The summed E-state index contributed by atoms with van der Waals surface area (Å²) in [4.78, 5) is 28.2. The summed E-state index contributed by atoms with van der Waals surface area (Å²) in [7, 11) is 0. The monoisotopic (exact) mass is 420 g/mol. The molecule has 31 heavy (non-hydrogen) atoms. The van der Waals surface area contributed by atoms with Gasteiger partial charge in [-0.1, -0.05) is 30.3 Å². The van der Waals surface area contributed by atoms with E-state index in [2.05, 4.69) is 10.3 Å². The van der Waals surface area contributed by atoms with Gasteiger partial charge >= 0.3 is 6.18 Å². The third-order valence-electron chi connectivity index (χ3n) is 4.79. The van der Waals surface area contributed by atoms with Crippen molar-refractivity contribution in [3.63, 3.8) is 0 Å². The Balaban J connectivity index is 1.62. The number of carbonyl (C=O) groups excluding carboxylic acids is 2. The molecule has 3 aromatic carbocycles. The molecule has 0 radical (unpaired) electrons. The first-order valence-corrected chi connectivity index (χ1v) is 9.29. The molecule has 1 aromatic heterocycles. The Kier molecular flexibility index (Phi) is 5.25. The van der Waals surface area contributed by atoms with Gasteiger partial charge in [-0.05, 0) is 59.7 Å². The zero-order valence-electron chi connectivity index (χ0n) is 16.0. The van der Waals surface area contributed by atoms with Crippen LogP contribution in [0.3, 0.4) is 0 Å². The predicted octanol–water partition coefficient (Wildman–Crippen LogP) is 5.99. The van der Waals surface area contributed by atoms with E-state index in [0.717, 1.165) is 23.8 Å². The lowest BCUT2D eigenvalue weighted by molar-refractivity contribution is -0.137. The molecular formula is C24H15F3N2O2. The fourth-order valence-corrected chi connectivity index (χ4v) is 3.24. The second-order valence-electron chi connectivity index (χ2n) is 6.84. The maximum atomic E-state index is 12.9. The fourth-order valence-electron chi connectivity index (χ4n) is 3.24. The maximum absolute atomic E-state index is 12.9. The van der Waals surface area contributed by atoms with Crippen molar-refractivity contribution >= 4 is 28.9 Å². The van der Waals surface area contributed by atoms with Crippen LogP contribution in [-0.4, -0.2) is 17.2 Å². The molecule has 0 spiro atoms. The molecule has 0 unspecified atom stereocenters. The quantitative estimate of drug-likeness (QED) is 0.413. The smallest absolute Gasteiger partial charge is 0.307 e. The van der Waals surface area contributed by atoms with Crippen molar-refractivity contribution in [2.45, 2.75) is 6.18 Å². The summed E-state index contributed by atoms with van der Waals surface area (Å²) in [5, 5.41) is 3.48. The first-order chi connectivity index (χ1) is 14.8. The van der Waals surface area contributed by atoms with E-state index in [1.165, 1.54) is 12.1 Å². The molecule has 0 aliphatic rings.